The van der Waals surface area contributed by atoms with Gasteiger partial charge in [0.1, 0.15) is 0 Å². The van der Waals surface area contributed by atoms with Crippen LogP contribution in [0.15, 0.2) is 43.0 Å². The highest BCUT2D eigenvalue weighted by molar-refractivity contribution is 5.15. The first-order valence-electron chi connectivity index (χ1n) is 9.94. The second-order valence-electron chi connectivity index (χ2n) is 8.10. The highest BCUT2D eigenvalue weighted by Gasteiger charge is 2.47. The van der Waals surface area contributed by atoms with Gasteiger partial charge in [-0.25, -0.2) is 0 Å². The minimum absolute atomic E-state index is 0.0798. The lowest BCUT2D eigenvalue weighted by molar-refractivity contribution is -0.182. The maximum absolute atomic E-state index is 6.19. The largest absolute Gasteiger partial charge is 0.377 e. The molecule has 1 unspecified atom stereocenters. The summed E-state index contributed by atoms with van der Waals surface area (Å²) >= 11 is 0. The van der Waals surface area contributed by atoms with Gasteiger partial charge in [-0.05, 0) is 60.9 Å². The van der Waals surface area contributed by atoms with Gasteiger partial charge in [-0.1, -0.05) is 6.07 Å². The number of likely N-dealkylation sites (tertiary alicyclic amines) is 1. The first-order chi connectivity index (χ1) is 13.2. The third-order valence-electron chi connectivity index (χ3n) is 5.64. The molecule has 27 heavy (non-hydrogen) atoms. The first kappa shape index (κ1) is 18.5. The molecule has 0 radical (unpaired) electrons. The average Bonchev–Trinajstić information content (AvgIpc) is 2.65. The Morgan fingerprint density at radius 3 is 2.85 bits per heavy atom. The SMILES string of the molecule is Cc1cncc(COCCC2CCOC3(C2)CN(Cc2ccncc2)C3)c1. The van der Waals surface area contributed by atoms with Crippen LogP contribution in [0, 0.1) is 12.8 Å². The smallest absolute Gasteiger partial charge is 0.0937 e. The topological polar surface area (TPSA) is 47.5 Å². The minimum atomic E-state index is 0.0798. The van der Waals surface area contributed by atoms with E-state index in [2.05, 4.69) is 40.0 Å². The molecule has 2 aliphatic heterocycles. The molecule has 0 amide bonds. The van der Waals surface area contributed by atoms with Crippen molar-refractivity contribution in [2.45, 2.75) is 44.9 Å². The monoisotopic (exact) mass is 367 g/mol. The molecule has 4 heterocycles. The molecule has 144 valence electrons. The fraction of sp³-hybridized carbons (Fsp3) is 0.545. The molecule has 2 fully saturated rings. The molecule has 0 N–H and O–H groups in total. The van der Waals surface area contributed by atoms with Crippen LogP contribution in [0.2, 0.25) is 0 Å². The summed E-state index contributed by atoms with van der Waals surface area (Å²) in [5.74, 6) is 0.706. The highest BCUT2D eigenvalue weighted by Crippen LogP contribution is 2.38. The number of hydrogen-bond acceptors (Lipinski definition) is 5. The normalized spacial score (nSPS) is 21.9. The lowest BCUT2D eigenvalue weighted by Crippen LogP contribution is -2.64. The fourth-order valence-electron chi connectivity index (χ4n) is 4.36. The van der Waals surface area contributed by atoms with E-state index in [9.17, 15) is 0 Å². The maximum atomic E-state index is 6.19. The van der Waals surface area contributed by atoms with E-state index in [0.717, 1.165) is 57.7 Å². The number of nitrogens with zero attached hydrogens (tertiary/aromatic N) is 3. The Kier molecular flexibility index (Phi) is 5.81. The van der Waals surface area contributed by atoms with Gasteiger partial charge in [0.15, 0.2) is 0 Å². The van der Waals surface area contributed by atoms with Crippen molar-refractivity contribution < 1.29 is 9.47 Å². The lowest BCUT2D eigenvalue weighted by atomic mass is 9.79. The number of ether oxygens (including phenoxy) is 2. The van der Waals surface area contributed by atoms with Gasteiger partial charge < -0.3 is 9.47 Å². The van der Waals surface area contributed by atoms with E-state index in [1.165, 1.54) is 11.1 Å². The Hall–Kier alpha value is -1.82. The Labute approximate surface area is 161 Å². The molecule has 0 bridgehead atoms. The molecule has 4 rings (SSSR count). The van der Waals surface area contributed by atoms with Crippen LogP contribution in [0.1, 0.15) is 36.0 Å². The van der Waals surface area contributed by atoms with E-state index >= 15 is 0 Å². The summed E-state index contributed by atoms with van der Waals surface area (Å²) in [6.07, 6.45) is 10.9. The number of pyridine rings is 2. The van der Waals surface area contributed by atoms with E-state index in [4.69, 9.17) is 9.47 Å². The molecule has 0 aliphatic carbocycles. The highest BCUT2D eigenvalue weighted by atomic mass is 16.5. The average molecular weight is 367 g/mol. The van der Waals surface area contributed by atoms with Crippen molar-refractivity contribution in [3.63, 3.8) is 0 Å². The van der Waals surface area contributed by atoms with Crippen LogP contribution < -0.4 is 0 Å². The minimum Gasteiger partial charge on any atom is -0.377 e. The summed E-state index contributed by atoms with van der Waals surface area (Å²) in [7, 11) is 0. The first-order valence-corrected chi connectivity index (χ1v) is 9.94. The molecular weight excluding hydrogens is 338 g/mol. The van der Waals surface area contributed by atoms with Crippen molar-refractivity contribution in [1.82, 2.24) is 14.9 Å². The molecule has 5 nitrogen and oxygen atoms in total. The summed E-state index contributed by atoms with van der Waals surface area (Å²) in [6, 6.07) is 6.33. The van der Waals surface area contributed by atoms with Crippen molar-refractivity contribution in [2.75, 3.05) is 26.3 Å². The van der Waals surface area contributed by atoms with Gasteiger partial charge in [0.25, 0.3) is 0 Å². The van der Waals surface area contributed by atoms with Gasteiger partial charge in [0, 0.05) is 57.6 Å². The molecule has 1 atom stereocenters. The number of rotatable bonds is 7. The van der Waals surface area contributed by atoms with Gasteiger partial charge in [0.2, 0.25) is 0 Å². The summed E-state index contributed by atoms with van der Waals surface area (Å²) in [5, 5.41) is 0. The molecular formula is C22H29N3O2. The van der Waals surface area contributed by atoms with Crippen LogP contribution >= 0.6 is 0 Å². The summed E-state index contributed by atoms with van der Waals surface area (Å²) < 4.78 is 12.1. The number of aryl methyl sites for hydroxylation is 1. The molecule has 2 aliphatic rings. The molecule has 0 saturated carbocycles. The molecule has 0 aromatic carbocycles. The molecule has 1 spiro atoms. The lowest BCUT2D eigenvalue weighted by Gasteiger charge is -2.53. The van der Waals surface area contributed by atoms with Gasteiger partial charge in [0.05, 0.1) is 12.2 Å². The van der Waals surface area contributed by atoms with Crippen LogP contribution in [-0.4, -0.2) is 46.8 Å². The predicted octanol–water partition coefficient (Wildman–Crippen LogP) is 3.37. The molecule has 2 aromatic heterocycles. The Morgan fingerprint density at radius 2 is 2.04 bits per heavy atom. The molecule has 2 saturated heterocycles. The zero-order valence-electron chi connectivity index (χ0n) is 16.1. The van der Waals surface area contributed by atoms with Crippen molar-refractivity contribution in [3.8, 4) is 0 Å². The predicted molar refractivity (Wildman–Crippen MR) is 104 cm³/mol. The zero-order valence-corrected chi connectivity index (χ0v) is 16.1. The fourth-order valence-corrected chi connectivity index (χ4v) is 4.36. The third kappa shape index (κ3) is 4.92. The van der Waals surface area contributed by atoms with Crippen LogP contribution in [0.3, 0.4) is 0 Å². The van der Waals surface area contributed by atoms with Crippen molar-refractivity contribution >= 4 is 0 Å². The summed E-state index contributed by atoms with van der Waals surface area (Å²) in [6.45, 7) is 7.50. The number of aromatic nitrogens is 2. The van der Waals surface area contributed by atoms with Crippen LogP contribution in [0.4, 0.5) is 0 Å². The van der Waals surface area contributed by atoms with Gasteiger partial charge >= 0.3 is 0 Å². The van der Waals surface area contributed by atoms with Gasteiger partial charge in [-0.3, -0.25) is 14.9 Å². The summed E-state index contributed by atoms with van der Waals surface area (Å²) in [5.41, 5.74) is 3.75. The van der Waals surface area contributed by atoms with Crippen LogP contribution in [0.5, 0.6) is 0 Å². The third-order valence-corrected chi connectivity index (χ3v) is 5.64. The van der Waals surface area contributed by atoms with E-state index in [0.29, 0.717) is 12.5 Å². The molecule has 2 aromatic rings. The van der Waals surface area contributed by atoms with Crippen molar-refractivity contribution in [1.29, 1.82) is 0 Å². The Morgan fingerprint density at radius 1 is 1.19 bits per heavy atom. The molecule has 5 heteroatoms. The second kappa shape index (κ2) is 8.46. The second-order valence-corrected chi connectivity index (χ2v) is 8.10. The van der Waals surface area contributed by atoms with Gasteiger partial charge in [-0.2, -0.15) is 0 Å². The van der Waals surface area contributed by atoms with E-state index in [1.54, 1.807) is 0 Å². The standard InChI is InChI=1S/C22H29N3O2/c1-18-10-21(13-24-12-18)15-26-8-4-19-5-9-27-22(11-19)16-25(17-22)14-20-2-6-23-7-3-20/h2-3,6-7,10,12-13,19H,4-5,8-9,11,14-17H2,1H3. The van der Waals surface area contributed by atoms with E-state index < -0.39 is 0 Å². The van der Waals surface area contributed by atoms with Crippen LogP contribution in [0.25, 0.3) is 0 Å². The van der Waals surface area contributed by atoms with Crippen LogP contribution in [-0.2, 0) is 22.6 Å². The number of hydrogen-bond donors (Lipinski definition) is 0. The Balaban J connectivity index is 1.18. The summed E-state index contributed by atoms with van der Waals surface area (Å²) in [4.78, 5) is 10.8. The van der Waals surface area contributed by atoms with Crippen molar-refractivity contribution in [3.05, 3.63) is 59.7 Å². The maximum Gasteiger partial charge on any atom is 0.0937 e. The Bertz CT molecular complexity index is 731. The quantitative estimate of drug-likeness (QED) is 0.702. The zero-order chi connectivity index (χ0) is 18.5. The van der Waals surface area contributed by atoms with E-state index in [-0.39, 0.29) is 5.60 Å². The van der Waals surface area contributed by atoms with Gasteiger partial charge in [-0.15, -0.1) is 0 Å². The van der Waals surface area contributed by atoms with E-state index in [1.807, 2.05) is 24.8 Å². The van der Waals surface area contributed by atoms with Crippen molar-refractivity contribution in [2.24, 2.45) is 5.92 Å².